The quantitative estimate of drug-likeness (QED) is 0.463. The number of rotatable bonds is 3. The second-order valence-corrected chi connectivity index (χ2v) is 1.90. The molecule has 0 aromatic heterocycles. The second-order valence-electron chi connectivity index (χ2n) is 1.90. The van der Waals surface area contributed by atoms with E-state index in [1.54, 1.807) is 12.2 Å². The molecule has 0 radical (unpaired) electrons. The minimum atomic E-state index is 0.708. The van der Waals surface area contributed by atoms with Gasteiger partial charge in [-0.1, -0.05) is 24.8 Å². The average molecular weight is 139 g/mol. The van der Waals surface area contributed by atoms with E-state index in [4.69, 9.17) is 5.21 Å². The van der Waals surface area contributed by atoms with Crippen LogP contribution in [0.25, 0.3) is 0 Å². The first-order valence-corrected chi connectivity index (χ1v) is 3.12. The Morgan fingerprint density at radius 1 is 1.60 bits per heavy atom. The molecule has 0 saturated carbocycles. The van der Waals surface area contributed by atoms with E-state index in [0.717, 1.165) is 5.57 Å². The summed E-state index contributed by atoms with van der Waals surface area (Å²) >= 11 is 0. The van der Waals surface area contributed by atoms with E-state index in [-0.39, 0.29) is 0 Å². The van der Waals surface area contributed by atoms with E-state index in [1.807, 2.05) is 19.9 Å². The van der Waals surface area contributed by atoms with Gasteiger partial charge in [-0.15, -0.1) is 0 Å². The Morgan fingerprint density at radius 2 is 2.20 bits per heavy atom. The van der Waals surface area contributed by atoms with Crippen LogP contribution in [0.1, 0.15) is 13.8 Å². The molecule has 0 atom stereocenters. The highest BCUT2D eigenvalue weighted by molar-refractivity contribution is 5.28. The van der Waals surface area contributed by atoms with Crippen LogP contribution in [-0.4, -0.2) is 5.21 Å². The molecule has 0 aromatic rings. The molecule has 0 aliphatic rings. The molecular weight excluding hydrogens is 126 g/mol. The first-order valence-electron chi connectivity index (χ1n) is 3.12. The maximum absolute atomic E-state index is 8.53. The Labute approximate surface area is 61.5 Å². The van der Waals surface area contributed by atoms with Gasteiger partial charge in [-0.2, -0.15) is 0 Å². The first kappa shape index (κ1) is 8.98. The molecular formula is C8H13NO. The summed E-state index contributed by atoms with van der Waals surface area (Å²) in [6, 6.07) is 0. The molecule has 0 aliphatic heterocycles. The van der Waals surface area contributed by atoms with E-state index < -0.39 is 0 Å². The Bertz CT molecular complexity index is 168. The van der Waals surface area contributed by atoms with Crippen LogP contribution >= 0.6 is 0 Å². The van der Waals surface area contributed by atoms with Gasteiger partial charge in [0, 0.05) is 0 Å². The highest BCUT2D eigenvalue weighted by Crippen LogP contribution is 2.03. The summed E-state index contributed by atoms with van der Waals surface area (Å²) in [6.45, 7) is 7.27. The van der Waals surface area contributed by atoms with Crippen LogP contribution in [0.4, 0.5) is 0 Å². The van der Waals surface area contributed by atoms with E-state index in [1.165, 1.54) is 0 Å². The lowest BCUT2D eigenvalue weighted by atomic mass is 10.2. The zero-order valence-corrected chi connectivity index (χ0v) is 6.39. The third-order valence-electron chi connectivity index (χ3n) is 1.20. The van der Waals surface area contributed by atoms with Crippen molar-refractivity contribution in [2.24, 2.45) is 0 Å². The molecule has 2 N–H and O–H groups in total. The molecule has 0 rings (SSSR count). The normalized spacial score (nSPS) is 13.1. The fourth-order valence-electron chi connectivity index (χ4n) is 0.647. The van der Waals surface area contributed by atoms with Crippen molar-refractivity contribution in [3.8, 4) is 0 Å². The van der Waals surface area contributed by atoms with Crippen LogP contribution in [0.3, 0.4) is 0 Å². The molecule has 2 nitrogen and oxygen atoms in total. The maximum atomic E-state index is 8.53. The van der Waals surface area contributed by atoms with Crippen molar-refractivity contribution in [3.05, 3.63) is 36.1 Å². The summed E-state index contributed by atoms with van der Waals surface area (Å²) in [5.41, 5.74) is 3.75. The van der Waals surface area contributed by atoms with E-state index >= 15 is 0 Å². The van der Waals surface area contributed by atoms with Gasteiger partial charge in [0.25, 0.3) is 0 Å². The summed E-state index contributed by atoms with van der Waals surface area (Å²) in [5, 5.41) is 8.53. The van der Waals surface area contributed by atoms with Gasteiger partial charge < -0.3 is 0 Å². The number of hydrogen-bond donors (Lipinski definition) is 2. The minimum Gasteiger partial charge on any atom is -0.291 e. The molecule has 0 aromatic carbocycles. The van der Waals surface area contributed by atoms with Crippen LogP contribution in [0.15, 0.2) is 36.1 Å². The molecule has 0 unspecified atom stereocenters. The summed E-state index contributed by atoms with van der Waals surface area (Å²) in [6.07, 6.45) is 5.28. The Kier molecular flexibility index (Phi) is 4.33. The molecule has 0 saturated heterocycles. The highest BCUT2D eigenvalue weighted by Gasteiger charge is 1.92. The molecule has 0 spiro atoms. The van der Waals surface area contributed by atoms with Gasteiger partial charge >= 0.3 is 0 Å². The molecule has 0 amide bonds. The van der Waals surface area contributed by atoms with Crippen molar-refractivity contribution in [1.29, 1.82) is 0 Å². The van der Waals surface area contributed by atoms with E-state index in [0.29, 0.717) is 5.70 Å². The SMILES string of the molecule is C=C/C=C(C)\C(=C/C)NO. The van der Waals surface area contributed by atoms with E-state index in [2.05, 4.69) is 12.1 Å². The van der Waals surface area contributed by atoms with Crippen LogP contribution in [-0.2, 0) is 0 Å². The van der Waals surface area contributed by atoms with Crippen LogP contribution in [0, 0.1) is 0 Å². The van der Waals surface area contributed by atoms with Crippen LogP contribution < -0.4 is 5.48 Å². The predicted molar refractivity (Wildman–Crippen MR) is 42.6 cm³/mol. The first-order chi connectivity index (χ1) is 4.76. The number of hydrogen-bond acceptors (Lipinski definition) is 2. The minimum absolute atomic E-state index is 0.708. The molecule has 0 bridgehead atoms. The van der Waals surface area contributed by atoms with Gasteiger partial charge in [0.2, 0.25) is 0 Å². The van der Waals surface area contributed by atoms with Crippen LogP contribution in [0.2, 0.25) is 0 Å². The Hall–Kier alpha value is -1.02. The smallest absolute Gasteiger partial charge is 0.0588 e. The summed E-state index contributed by atoms with van der Waals surface area (Å²) < 4.78 is 0. The van der Waals surface area contributed by atoms with Crippen molar-refractivity contribution < 1.29 is 5.21 Å². The van der Waals surface area contributed by atoms with Gasteiger partial charge in [-0.3, -0.25) is 10.7 Å². The Morgan fingerprint density at radius 3 is 2.50 bits per heavy atom. The van der Waals surface area contributed by atoms with Crippen molar-refractivity contribution in [1.82, 2.24) is 5.48 Å². The molecule has 0 heterocycles. The third-order valence-corrected chi connectivity index (χ3v) is 1.20. The van der Waals surface area contributed by atoms with E-state index in [9.17, 15) is 0 Å². The zero-order valence-electron chi connectivity index (χ0n) is 6.39. The lowest BCUT2D eigenvalue weighted by Crippen LogP contribution is -2.06. The zero-order chi connectivity index (χ0) is 7.98. The monoisotopic (exact) mass is 139 g/mol. The fraction of sp³-hybridized carbons (Fsp3) is 0.250. The molecule has 2 heteroatoms. The number of allylic oxidation sites excluding steroid dienone is 4. The largest absolute Gasteiger partial charge is 0.291 e. The maximum Gasteiger partial charge on any atom is 0.0588 e. The standard InChI is InChI=1S/C8H13NO/c1-4-6-7(3)8(5-2)9-10/h4-6,9-10H,1H2,2-3H3/b7-6-,8-5+. The van der Waals surface area contributed by atoms with Crippen molar-refractivity contribution in [3.63, 3.8) is 0 Å². The molecule has 10 heavy (non-hydrogen) atoms. The molecule has 0 aliphatic carbocycles. The lowest BCUT2D eigenvalue weighted by Gasteiger charge is -2.02. The van der Waals surface area contributed by atoms with Crippen LogP contribution in [0.5, 0.6) is 0 Å². The van der Waals surface area contributed by atoms with Crippen molar-refractivity contribution >= 4 is 0 Å². The van der Waals surface area contributed by atoms with Crippen molar-refractivity contribution in [2.45, 2.75) is 13.8 Å². The summed E-state index contributed by atoms with van der Waals surface area (Å²) in [4.78, 5) is 0. The fourth-order valence-corrected chi connectivity index (χ4v) is 0.647. The van der Waals surface area contributed by atoms with Gasteiger partial charge in [0.1, 0.15) is 0 Å². The van der Waals surface area contributed by atoms with Gasteiger partial charge in [-0.05, 0) is 19.4 Å². The Balaban J connectivity index is 4.30. The van der Waals surface area contributed by atoms with Crippen molar-refractivity contribution in [2.75, 3.05) is 0 Å². The topological polar surface area (TPSA) is 32.3 Å². The molecule has 56 valence electrons. The third kappa shape index (κ3) is 2.51. The average Bonchev–Trinajstić information content (AvgIpc) is 1.91. The lowest BCUT2D eigenvalue weighted by molar-refractivity contribution is 0.203. The highest BCUT2D eigenvalue weighted by atomic mass is 16.5. The number of nitrogens with one attached hydrogen (secondary N) is 1. The summed E-state index contributed by atoms with van der Waals surface area (Å²) in [5.74, 6) is 0. The summed E-state index contributed by atoms with van der Waals surface area (Å²) in [7, 11) is 0. The van der Waals surface area contributed by atoms with Gasteiger partial charge in [-0.25, -0.2) is 0 Å². The molecule has 0 fully saturated rings. The predicted octanol–water partition coefficient (Wildman–Crippen LogP) is 2.00. The second kappa shape index (κ2) is 4.82. The number of hydroxylamine groups is 1. The van der Waals surface area contributed by atoms with Gasteiger partial charge in [0.15, 0.2) is 0 Å². The van der Waals surface area contributed by atoms with Gasteiger partial charge in [0.05, 0.1) is 5.70 Å².